The fraction of sp³-hybridized carbons (Fsp3) is 0.586. The molecule has 0 aromatic heterocycles. The summed E-state index contributed by atoms with van der Waals surface area (Å²) in [6.45, 7) is 4.73. The molecular weight excluding hydrogens is 568 g/mol. The average Bonchev–Trinajstić information content (AvgIpc) is 2.93. The molecule has 0 saturated carbocycles. The lowest BCUT2D eigenvalue weighted by Crippen LogP contribution is -2.66. The van der Waals surface area contributed by atoms with Crippen LogP contribution < -0.4 is 10.6 Å². The van der Waals surface area contributed by atoms with Gasteiger partial charge in [0.15, 0.2) is 24.5 Å². The van der Waals surface area contributed by atoms with Crippen LogP contribution >= 0.6 is 0 Å². The summed E-state index contributed by atoms with van der Waals surface area (Å²) >= 11 is 0. The van der Waals surface area contributed by atoms with E-state index in [1.54, 1.807) is 0 Å². The number of amides is 2. The number of alkyl carbamates (subject to hydrolysis) is 1. The van der Waals surface area contributed by atoms with Crippen LogP contribution in [-0.4, -0.2) is 79.7 Å². The van der Waals surface area contributed by atoms with E-state index in [4.69, 9.17) is 28.4 Å². The molecule has 43 heavy (non-hydrogen) atoms. The predicted octanol–water partition coefficient (Wildman–Crippen LogP) is 2.06. The number of nitrogens with one attached hydrogen (secondary N) is 2. The van der Waals surface area contributed by atoms with Crippen molar-refractivity contribution in [2.45, 2.75) is 97.0 Å². The van der Waals surface area contributed by atoms with E-state index in [0.29, 0.717) is 25.8 Å². The molecule has 5 atom stereocenters. The van der Waals surface area contributed by atoms with Crippen molar-refractivity contribution >= 4 is 35.9 Å². The standard InChI is InChI=1S/C29H40N2O12/c1-18(32)38-17-23-25(40-19(2)33)26(41-20(3)34)27(42-21(4)35)28(43-23)31-24(36)14-10-5-6-11-15-30-29(37)39-16-22-12-8-7-9-13-22/h7-9,12-13,23,25-28H,5-6,10-11,14-17H2,1-4H3,(H,30,37)(H,31,36)/t23-,25-,26+,27+,28-/m1/s1. The first-order valence-electron chi connectivity index (χ1n) is 14.0. The van der Waals surface area contributed by atoms with Crippen molar-refractivity contribution in [1.82, 2.24) is 10.6 Å². The molecule has 14 heteroatoms. The van der Waals surface area contributed by atoms with E-state index in [2.05, 4.69) is 10.6 Å². The second kappa shape index (κ2) is 18.4. The Kier molecular flexibility index (Phi) is 14.9. The number of benzene rings is 1. The lowest BCUT2D eigenvalue weighted by Gasteiger charge is -2.44. The molecule has 1 saturated heterocycles. The third kappa shape index (κ3) is 13.5. The first-order chi connectivity index (χ1) is 20.5. The summed E-state index contributed by atoms with van der Waals surface area (Å²) in [5.41, 5.74) is 0.889. The monoisotopic (exact) mass is 608 g/mol. The largest absolute Gasteiger partial charge is 0.463 e. The van der Waals surface area contributed by atoms with Crippen LogP contribution in [0.1, 0.15) is 65.4 Å². The fourth-order valence-corrected chi connectivity index (χ4v) is 4.30. The molecule has 14 nitrogen and oxygen atoms in total. The second-order valence-electron chi connectivity index (χ2n) is 9.84. The van der Waals surface area contributed by atoms with E-state index >= 15 is 0 Å². The van der Waals surface area contributed by atoms with Crippen LogP contribution in [0.2, 0.25) is 0 Å². The zero-order valence-electron chi connectivity index (χ0n) is 24.8. The molecule has 1 aromatic rings. The highest BCUT2D eigenvalue weighted by atomic mass is 16.7. The molecule has 0 spiro atoms. The Morgan fingerprint density at radius 2 is 1.33 bits per heavy atom. The van der Waals surface area contributed by atoms with Crippen molar-refractivity contribution in [2.24, 2.45) is 0 Å². The molecule has 2 amide bonds. The highest BCUT2D eigenvalue weighted by Crippen LogP contribution is 2.28. The highest BCUT2D eigenvalue weighted by Gasteiger charge is 2.52. The van der Waals surface area contributed by atoms with E-state index < -0.39 is 73.1 Å². The summed E-state index contributed by atoms with van der Waals surface area (Å²) in [6, 6.07) is 9.32. The van der Waals surface area contributed by atoms with Gasteiger partial charge in [-0.2, -0.15) is 0 Å². The molecular formula is C29H40N2O12. The quantitative estimate of drug-likeness (QED) is 0.168. The molecule has 0 aliphatic carbocycles. The first-order valence-corrected chi connectivity index (χ1v) is 14.0. The summed E-state index contributed by atoms with van der Waals surface area (Å²) in [7, 11) is 0. The topological polar surface area (TPSA) is 182 Å². The molecule has 0 radical (unpaired) electrons. The van der Waals surface area contributed by atoms with E-state index in [0.717, 1.165) is 32.8 Å². The second-order valence-corrected chi connectivity index (χ2v) is 9.84. The minimum Gasteiger partial charge on any atom is -0.463 e. The van der Waals surface area contributed by atoms with Crippen molar-refractivity contribution in [3.8, 4) is 0 Å². The maximum atomic E-state index is 12.8. The van der Waals surface area contributed by atoms with Gasteiger partial charge in [-0.05, 0) is 18.4 Å². The number of carbonyl (C=O) groups excluding carboxylic acids is 6. The minimum atomic E-state index is -1.36. The maximum absolute atomic E-state index is 12.8. The Morgan fingerprint density at radius 3 is 1.95 bits per heavy atom. The summed E-state index contributed by atoms with van der Waals surface area (Å²) < 4.78 is 32.0. The van der Waals surface area contributed by atoms with Gasteiger partial charge in [0.1, 0.15) is 19.3 Å². The molecule has 2 N–H and O–H groups in total. The van der Waals surface area contributed by atoms with Gasteiger partial charge >= 0.3 is 30.0 Å². The first kappa shape index (κ1) is 35.0. The minimum absolute atomic E-state index is 0.0966. The Bertz CT molecular complexity index is 1100. The van der Waals surface area contributed by atoms with Gasteiger partial charge in [-0.3, -0.25) is 24.0 Å². The number of hydrogen-bond acceptors (Lipinski definition) is 12. The normalized spacial score (nSPS) is 21.1. The molecule has 1 fully saturated rings. The van der Waals surface area contributed by atoms with Gasteiger partial charge in [0.05, 0.1) is 0 Å². The van der Waals surface area contributed by atoms with Crippen LogP contribution in [0, 0.1) is 0 Å². The molecule has 238 valence electrons. The zero-order valence-corrected chi connectivity index (χ0v) is 24.8. The number of carbonyl (C=O) groups is 6. The number of unbranched alkanes of at least 4 members (excludes halogenated alkanes) is 3. The van der Waals surface area contributed by atoms with Gasteiger partial charge in [-0.1, -0.05) is 43.2 Å². The van der Waals surface area contributed by atoms with Crippen LogP contribution in [0.5, 0.6) is 0 Å². The maximum Gasteiger partial charge on any atom is 0.407 e. The number of rotatable bonds is 15. The molecule has 0 bridgehead atoms. The van der Waals surface area contributed by atoms with Crippen LogP contribution in [0.25, 0.3) is 0 Å². The molecule has 1 aliphatic rings. The van der Waals surface area contributed by atoms with Crippen molar-refractivity contribution in [1.29, 1.82) is 0 Å². The average molecular weight is 609 g/mol. The molecule has 1 heterocycles. The summed E-state index contributed by atoms with van der Waals surface area (Å²) in [6.07, 6.45) is -4.28. The Balaban J connectivity index is 1.88. The third-order valence-corrected chi connectivity index (χ3v) is 6.11. The van der Waals surface area contributed by atoms with Gasteiger partial charge in [0.25, 0.3) is 0 Å². The van der Waals surface area contributed by atoms with Gasteiger partial charge < -0.3 is 39.1 Å². The molecule has 1 aromatic carbocycles. The third-order valence-electron chi connectivity index (χ3n) is 6.11. The SMILES string of the molecule is CC(=O)OC[C@H]1O[C@@H](NC(=O)CCCCCCNC(=O)OCc2ccccc2)[C@@H](OC(C)=O)[C@@H](OC(C)=O)[C@@H]1OC(C)=O. The highest BCUT2D eigenvalue weighted by molar-refractivity contribution is 5.76. The molecule has 1 aliphatic heterocycles. The molecule has 2 rings (SSSR count). The van der Waals surface area contributed by atoms with Crippen LogP contribution in [0.3, 0.4) is 0 Å². The fourth-order valence-electron chi connectivity index (χ4n) is 4.30. The summed E-state index contributed by atoms with van der Waals surface area (Å²) in [4.78, 5) is 71.7. The van der Waals surface area contributed by atoms with Gasteiger partial charge in [0.2, 0.25) is 5.91 Å². The molecule has 0 unspecified atom stereocenters. The summed E-state index contributed by atoms with van der Waals surface area (Å²) in [5, 5.41) is 5.31. The van der Waals surface area contributed by atoms with Gasteiger partial charge in [0, 0.05) is 40.7 Å². The zero-order chi connectivity index (χ0) is 31.8. The van der Waals surface area contributed by atoms with Crippen molar-refractivity contribution in [3.63, 3.8) is 0 Å². The number of hydrogen-bond donors (Lipinski definition) is 2. The van der Waals surface area contributed by atoms with Crippen LogP contribution in [-0.2, 0) is 59.0 Å². The lowest BCUT2D eigenvalue weighted by molar-refractivity contribution is -0.257. The van der Waals surface area contributed by atoms with E-state index in [-0.39, 0.29) is 13.0 Å². The Morgan fingerprint density at radius 1 is 0.721 bits per heavy atom. The summed E-state index contributed by atoms with van der Waals surface area (Å²) in [5.74, 6) is -3.36. The Hall–Kier alpha value is -4.20. The van der Waals surface area contributed by atoms with Crippen LogP contribution in [0.15, 0.2) is 30.3 Å². The van der Waals surface area contributed by atoms with Crippen molar-refractivity contribution in [3.05, 3.63) is 35.9 Å². The number of ether oxygens (including phenoxy) is 6. The van der Waals surface area contributed by atoms with Crippen LogP contribution in [0.4, 0.5) is 4.79 Å². The predicted molar refractivity (Wildman–Crippen MR) is 148 cm³/mol. The van der Waals surface area contributed by atoms with E-state index in [1.165, 1.54) is 6.92 Å². The number of esters is 4. The smallest absolute Gasteiger partial charge is 0.407 e. The van der Waals surface area contributed by atoms with Gasteiger partial charge in [-0.25, -0.2) is 4.79 Å². The van der Waals surface area contributed by atoms with Crippen molar-refractivity contribution in [2.75, 3.05) is 13.2 Å². The van der Waals surface area contributed by atoms with E-state index in [9.17, 15) is 28.8 Å². The van der Waals surface area contributed by atoms with Gasteiger partial charge in [-0.15, -0.1) is 0 Å². The van der Waals surface area contributed by atoms with E-state index in [1.807, 2.05) is 30.3 Å². The van der Waals surface area contributed by atoms with Crippen molar-refractivity contribution < 1.29 is 57.2 Å². The lowest BCUT2D eigenvalue weighted by atomic mass is 9.97. The Labute approximate surface area is 250 Å².